The Bertz CT molecular complexity index is 430. The lowest BCUT2D eigenvalue weighted by Gasteiger charge is -2.42. The molecular formula is C16H26N2O2S. The van der Waals surface area contributed by atoms with Crippen LogP contribution in [-0.2, 0) is 9.59 Å². The smallest absolute Gasteiger partial charge is 0.246 e. The third kappa shape index (κ3) is 2.94. The molecule has 0 bridgehead atoms. The molecule has 0 spiro atoms. The predicted molar refractivity (Wildman–Crippen MR) is 85.2 cm³/mol. The molecule has 3 rings (SSSR count). The summed E-state index contributed by atoms with van der Waals surface area (Å²) in [7, 11) is 0. The van der Waals surface area contributed by atoms with Crippen LogP contribution in [0, 0.1) is 5.92 Å². The molecular weight excluding hydrogens is 284 g/mol. The minimum absolute atomic E-state index is 0.0297. The summed E-state index contributed by atoms with van der Waals surface area (Å²) < 4.78 is 0.221. The molecule has 0 aromatic rings. The van der Waals surface area contributed by atoms with Crippen LogP contribution in [0.3, 0.4) is 0 Å². The number of hydrogen-bond donors (Lipinski definition) is 1. The molecule has 3 aliphatic rings. The average Bonchev–Trinajstić information content (AvgIpc) is 3.29. The summed E-state index contributed by atoms with van der Waals surface area (Å²) >= 11 is 1.85. The number of thioether (sulfide) groups is 1. The molecule has 118 valence electrons. The average molecular weight is 310 g/mol. The first-order valence-corrected chi connectivity index (χ1v) is 9.45. The topological polar surface area (TPSA) is 49.4 Å². The maximum absolute atomic E-state index is 12.9. The van der Waals surface area contributed by atoms with Crippen LogP contribution in [0.1, 0.15) is 51.9 Å². The van der Waals surface area contributed by atoms with Gasteiger partial charge in [-0.15, -0.1) is 0 Å². The number of piperazine rings is 1. The molecule has 2 saturated carbocycles. The van der Waals surface area contributed by atoms with Crippen molar-refractivity contribution in [2.75, 3.05) is 12.8 Å². The first-order chi connectivity index (χ1) is 10.1. The van der Waals surface area contributed by atoms with Gasteiger partial charge in [0, 0.05) is 11.3 Å². The van der Waals surface area contributed by atoms with Crippen LogP contribution in [0.5, 0.6) is 0 Å². The summed E-state index contributed by atoms with van der Waals surface area (Å²) in [6, 6.07) is -0.589. The van der Waals surface area contributed by atoms with Gasteiger partial charge in [-0.05, 0) is 44.8 Å². The van der Waals surface area contributed by atoms with E-state index in [1.54, 1.807) is 0 Å². The summed E-state index contributed by atoms with van der Waals surface area (Å²) in [5.74, 6) is 0.533. The Balaban J connectivity index is 1.74. The number of nitrogens with zero attached hydrogens (tertiary/aromatic N) is 1. The number of hydrogen-bond acceptors (Lipinski definition) is 3. The number of amides is 2. The van der Waals surface area contributed by atoms with Crippen LogP contribution >= 0.6 is 11.8 Å². The zero-order chi connectivity index (χ0) is 15.0. The molecule has 5 heteroatoms. The first kappa shape index (κ1) is 15.2. The summed E-state index contributed by atoms with van der Waals surface area (Å²) in [5.41, 5.74) is 0. The predicted octanol–water partition coefficient (Wildman–Crippen LogP) is 2.18. The van der Waals surface area contributed by atoms with Gasteiger partial charge in [-0.2, -0.15) is 11.8 Å². The van der Waals surface area contributed by atoms with Crippen LogP contribution in [0.15, 0.2) is 0 Å². The summed E-state index contributed by atoms with van der Waals surface area (Å²) in [6.07, 6.45) is 10.2. The second kappa shape index (κ2) is 5.82. The van der Waals surface area contributed by atoms with Crippen molar-refractivity contribution < 1.29 is 9.59 Å². The Morgan fingerprint density at radius 2 is 1.90 bits per heavy atom. The van der Waals surface area contributed by atoms with Gasteiger partial charge in [0.2, 0.25) is 11.8 Å². The molecule has 1 saturated heterocycles. The molecule has 4 nitrogen and oxygen atoms in total. The fourth-order valence-electron chi connectivity index (χ4n) is 3.73. The van der Waals surface area contributed by atoms with Crippen molar-refractivity contribution in [3.05, 3.63) is 0 Å². The molecule has 1 aliphatic heterocycles. The molecule has 2 atom stereocenters. The molecule has 2 unspecified atom stereocenters. The lowest BCUT2D eigenvalue weighted by atomic mass is 9.82. The Kier molecular flexibility index (Phi) is 4.21. The monoisotopic (exact) mass is 310 g/mol. The van der Waals surface area contributed by atoms with E-state index in [0.29, 0.717) is 5.92 Å². The number of carbonyl (C=O) groups is 2. The van der Waals surface area contributed by atoms with Crippen molar-refractivity contribution in [1.29, 1.82) is 0 Å². The fraction of sp³-hybridized carbons (Fsp3) is 0.875. The molecule has 3 fully saturated rings. The summed E-state index contributed by atoms with van der Waals surface area (Å²) in [4.78, 5) is 27.1. The first-order valence-electron chi connectivity index (χ1n) is 8.22. The van der Waals surface area contributed by atoms with E-state index >= 15 is 0 Å². The third-order valence-corrected chi connectivity index (χ3v) is 6.92. The minimum atomic E-state index is -0.318. The van der Waals surface area contributed by atoms with Gasteiger partial charge in [-0.3, -0.25) is 9.59 Å². The van der Waals surface area contributed by atoms with Crippen LogP contribution in [0.4, 0.5) is 0 Å². The largest absolute Gasteiger partial charge is 0.342 e. The molecule has 0 aromatic heterocycles. The van der Waals surface area contributed by atoms with Crippen molar-refractivity contribution in [1.82, 2.24) is 10.2 Å². The van der Waals surface area contributed by atoms with E-state index < -0.39 is 0 Å². The highest BCUT2D eigenvalue weighted by Crippen LogP contribution is 2.48. The molecule has 21 heavy (non-hydrogen) atoms. The highest BCUT2D eigenvalue weighted by atomic mass is 32.2. The highest BCUT2D eigenvalue weighted by molar-refractivity contribution is 8.00. The molecule has 1 N–H and O–H groups in total. The third-order valence-electron chi connectivity index (χ3n) is 5.51. The van der Waals surface area contributed by atoms with Crippen molar-refractivity contribution in [2.24, 2.45) is 5.92 Å². The van der Waals surface area contributed by atoms with Gasteiger partial charge in [-0.1, -0.05) is 19.3 Å². The van der Waals surface area contributed by atoms with E-state index in [1.165, 1.54) is 32.1 Å². The normalized spacial score (nSPS) is 33.0. The van der Waals surface area contributed by atoms with E-state index in [2.05, 4.69) is 11.6 Å². The van der Waals surface area contributed by atoms with Gasteiger partial charge in [-0.25, -0.2) is 0 Å². The minimum Gasteiger partial charge on any atom is -0.342 e. The lowest BCUT2D eigenvalue weighted by Crippen LogP contribution is -2.65. The number of rotatable bonds is 4. The van der Waals surface area contributed by atoms with Crippen LogP contribution < -0.4 is 5.32 Å². The second-order valence-corrected chi connectivity index (χ2v) is 8.19. The Morgan fingerprint density at radius 1 is 1.24 bits per heavy atom. The molecule has 2 amide bonds. The van der Waals surface area contributed by atoms with E-state index in [-0.39, 0.29) is 28.6 Å². The van der Waals surface area contributed by atoms with Gasteiger partial charge >= 0.3 is 0 Å². The van der Waals surface area contributed by atoms with Gasteiger partial charge in [0.1, 0.15) is 12.1 Å². The van der Waals surface area contributed by atoms with Crippen molar-refractivity contribution in [2.45, 2.75) is 68.7 Å². The molecule has 0 aromatic carbocycles. The lowest BCUT2D eigenvalue weighted by molar-refractivity contribution is -0.150. The van der Waals surface area contributed by atoms with E-state index in [0.717, 1.165) is 19.4 Å². The maximum Gasteiger partial charge on any atom is 0.246 e. The van der Waals surface area contributed by atoms with Crippen LogP contribution in [0.2, 0.25) is 0 Å². The van der Waals surface area contributed by atoms with E-state index in [1.807, 2.05) is 23.6 Å². The Morgan fingerprint density at radius 3 is 2.48 bits per heavy atom. The van der Waals surface area contributed by atoms with Crippen LogP contribution in [-0.4, -0.2) is 46.3 Å². The SMILES string of the molecule is CSC1(CN2C(=O)C(C3CCCCC3)NC(=O)C2C)CC1. The Labute approximate surface area is 131 Å². The molecule has 2 aliphatic carbocycles. The molecule has 0 radical (unpaired) electrons. The van der Waals surface area contributed by atoms with Crippen molar-refractivity contribution in [3.63, 3.8) is 0 Å². The van der Waals surface area contributed by atoms with Gasteiger partial charge in [0.15, 0.2) is 0 Å². The Hall–Kier alpha value is -0.710. The van der Waals surface area contributed by atoms with Gasteiger partial charge in [0.05, 0.1) is 0 Å². The zero-order valence-corrected chi connectivity index (χ0v) is 13.9. The second-order valence-electron chi connectivity index (χ2n) is 6.91. The zero-order valence-electron chi connectivity index (χ0n) is 13.1. The number of nitrogens with one attached hydrogen (secondary N) is 1. The molecule has 1 heterocycles. The standard InChI is InChI=1S/C16H26N2O2S/c1-11-14(19)17-13(12-6-4-3-5-7-12)15(20)18(11)10-16(21-2)8-9-16/h11-13H,3-10H2,1-2H3,(H,17,19). The van der Waals surface area contributed by atoms with Gasteiger partial charge in [0.25, 0.3) is 0 Å². The number of carbonyl (C=O) groups excluding carboxylic acids is 2. The highest BCUT2D eigenvalue weighted by Gasteiger charge is 2.49. The maximum atomic E-state index is 12.9. The van der Waals surface area contributed by atoms with Crippen LogP contribution in [0.25, 0.3) is 0 Å². The quantitative estimate of drug-likeness (QED) is 0.866. The van der Waals surface area contributed by atoms with Crippen molar-refractivity contribution in [3.8, 4) is 0 Å². The summed E-state index contributed by atoms with van der Waals surface area (Å²) in [6.45, 7) is 2.60. The fourth-order valence-corrected chi connectivity index (χ4v) is 4.50. The van der Waals surface area contributed by atoms with Crippen molar-refractivity contribution >= 4 is 23.6 Å². The van der Waals surface area contributed by atoms with E-state index in [4.69, 9.17) is 0 Å². The van der Waals surface area contributed by atoms with E-state index in [9.17, 15) is 9.59 Å². The van der Waals surface area contributed by atoms with Gasteiger partial charge < -0.3 is 10.2 Å². The summed E-state index contributed by atoms with van der Waals surface area (Å²) in [5, 5.41) is 3.00.